The zero-order valence-electron chi connectivity index (χ0n) is 19.6. The van der Waals surface area contributed by atoms with Crippen LogP contribution in [0.3, 0.4) is 0 Å². The van der Waals surface area contributed by atoms with E-state index in [9.17, 15) is 13.2 Å². The van der Waals surface area contributed by atoms with E-state index in [-0.39, 0.29) is 22.7 Å². The van der Waals surface area contributed by atoms with Crippen molar-refractivity contribution in [2.24, 2.45) is 4.99 Å². The van der Waals surface area contributed by atoms with Crippen molar-refractivity contribution in [1.29, 1.82) is 0 Å². The lowest BCUT2D eigenvalue weighted by atomic mass is 10.0. The summed E-state index contributed by atoms with van der Waals surface area (Å²) >= 11 is 1.40. The van der Waals surface area contributed by atoms with Crippen molar-refractivity contribution < 1.29 is 13.2 Å². The average molecular weight is 504 g/mol. The van der Waals surface area contributed by atoms with Gasteiger partial charge in [0.1, 0.15) is 0 Å². The molecule has 0 radical (unpaired) electrons. The second kappa shape index (κ2) is 9.90. The van der Waals surface area contributed by atoms with E-state index in [1.807, 2.05) is 17.6 Å². The van der Waals surface area contributed by atoms with Crippen LogP contribution in [0.5, 0.6) is 0 Å². The minimum absolute atomic E-state index is 0.144. The highest BCUT2D eigenvalue weighted by atomic mass is 32.2. The van der Waals surface area contributed by atoms with E-state index in [1.165, 1.54) is 23.0 Å². The molecule has 3 aromatic carbocycles. The molecule has 0 aliphatic rings. The summed E-state index contributed by atoms with van der Waals surface area (Å²) in [6.07, 6.45) is 5.58. The summed E-state index contributed by atoms with van der Waals surface area (Å²) in [5.41, 5.74) is 3.62. The van der Waals surface area contributed by atoms with Gasteiger partial charge >= 0.3 is 0 Å². The Hall–Kier alpha value is -3.67. The Balaban J connectivity index is 1.68. The summed E-state index contributed by atoms with van der Waals surface area (Å²) in [7, 11) is -3.79. The summed E-state index contributed by atoms with van der Waals surface area (Å²) in [6, 6.07) is 19.0. The van der Waals surface area contributed by atoms with E-state index < -0.39 is 15.9 Å². The number of rotatable bonds is 6. The van der Waals surface area contributed by atoms with E-state index in [0.717, 1.165) is 15.8 Å². The maximum atomic E-state index is 13.0. The Morgan fingerprint density at radius 1 is 1.11 bits per heavy atom. The van der Waals surface area contributed by atoms with Gasteiger partial charge in [-0.05, 0) is 60.9 Å². The van der Waals surface area contributed by atoms with Gasteiger partial charge in [-0.15, -0.1) is 6.42 Å². The van der Waals surface area contributed by atoms with Gasteiger partial charge in [0.15, 0.2) is 4.80 Å². The number of benzene rings is 3. The summed E-state index contributed by atoms with van der Waals surface area (Å²) < 4.78 is 30.8. The highest BCUT2D eigenvalue weighted by Crippen LogP contribution is 2.24. The lowest BCUT2D eigenvalue weighted by molar-refractivity contribution is 0.0998. The summed E-state index contributed by atoms with van der Waals surface area (Å²) in [6.45, 7) is 6.41. The molecule has 0 atom stereocenters. The Labute approximate surface area is 209 Å². The Kier molecular flexibility index (Phi) is 6.92. The van der Waals surface area contributed by atoms with Crippen molar-refractivity contribution in [2.75, 3.05) is 4.72 Å². The van der Waals surface area contributed by atoms with Crippen LogP contribution in [0.1, 0.15) is 41.3 Å². The number of aromatic nitrogens is 1. The quantitative estimate of drug-likeness (QED) is 0.362. The van der Waals surface area contributed by atoms with Gasteiger partial charge in [0.2, 0.25) is 0 Å². The molecule has 0 fully saturated rings. The molecule has 35 heavy (non-hydrogen) atoms. The molecule has 1 N–H and O–H groups in total. The van der Waals surface area contributed by atoms with Crippen molar-refractivity contribution in [2.45, 2.75) is 38.1 Å². The molecule has 1 heterocycles. The zero-order valence-corrected chi connectivity index (χ0v) is 21.3. The van der Waals surface area contributed by atoms with E-state index in [1.54, 1.807) is 42.5 Å². The monoisotopic (exact) mass is 503 g/mol. The Bertz CT molecular complexity index is 1620. The molecule has 6 nitrogen and oxygen atoms in total. The van der Waals surface area contributed by atoms with Crippen molar-refractivity contribution in [3.8, 4) is 12.3 Å². The fourth-order valence-corrected chi connectivity index (χ4v) is 5.70. The molecule has 1 aromatic heterocycles. The molecule has 0 saturated carbocycles. The highest BCUT2D eigenvalue weighted by molar-refractivity contribution is 7.92. The van der Waals surface area contributed by atoms with Gasteiger partial charge < -0.3 is 4.57 Å². The number of carbonyl (C=O) groups excluding carboxylic acids is 1. The van der Waals surface area contributed by atoms with Crippen LogP contribution in [0.15, 0.2) is 76.6 Å². The summed E-state index contributed by atoms with van der Waals surface area (Å²) in [5.74, 6) is 2.52. The molecule has 0 spiro atoms. The van der Waals surface area contributed by atoms with E-state index in [0.29, 0.717) is 10.7 Å². The first-order valence-electron chi connectivity index (χ1n) is 11.0. The molecular formula is C27H25N3O3S2. The third-order valence-electron chi connectivity index (χ3n) is 5.51. The molecular weight excluding hydrogens is 478 g/mol. The van der Waals surface area contributed by atoms with Crippen LogP contribution in [0, 0.1) is 19.3 Å². The normalized spacial score (nSPS) is 12.1. The molecule has 0 aliphatic carbocycles. The predicted octanol–water partition coefficient (Wildman–Crippen LogP) is 5.31. The molecule has 0 aliphatic heterocycles. The number of aryl methyl sites for hydroxylation is 1. The number of carbonyl (C=O) groups is 1. The second-order valence-corrected chi connectivity index (χ2v) is 11.2. The van der Waals surface area contributed by atoms with Crippen LogP contribution >= 0.6 is 11.3 Å². The SMILES string of the molecule is C#CCn1c(=NC(=O)c2cccc(NS(=O)(=O)c3ccc(C)cc3)c2)sc2cc(C(C)C)ccc21. The van der Waals surface area contributed by atoms with Gasteiger partial charge in [0.25, 0.3) is 15.9 Å². The standard InChI is InChI=1S/C27H25N3O3S2/c1-5-15-30-24-14-11-20(18(2)3)17-25(24)34-27(30)28-26(31)21-7-6-8-22(16-21)29-35(32,33)23-12-9-19(4)10-13-23/h1,6-14,16-18,29H,15H2,2-4H3. The van der Waals surface area contributed by atoms with Crippen LogP contribution < -0.4 is 9.52 Å². The number of fused-ring (bicyclic) bond motifs is 1. The fraction of sp³-hybridized carbons (Fsp3) is 0.185. The van der Waals surface area contributed by atoms with E-state index in [4.69, 9.17) is 6.42 Å². The van der Waals surface area contributed by atoms with E-state index in [2.05, 4.69) is 41.6 Å². The predicted molar refractivity (Wildman–Crippen MR) is 141 cm³/mol. The number of amides is 1. The number of nitrogens with one attached hydrogen (secondary N) is 1. The second-order valence-electron chi connectivity index (χ2n) is 8.47. The molecule has 0 saturated heterocycles. The van der Waals surface area contributed by atoms with Gasteiger partial charge in [0.05, 0.1) is 21.7 Å². The van der Waals surface area contributed by atoms with Gasteiger partial charge in [-0.3, -0.25) is 9.52 Å². The van der Waals surface area contributed by atoms with Crippen LogP contribution in [0.2, 0.25) is 0 Å². The number of hydrogen-bond acceptors (Lipinski definition) is 4. The lowest BCUT2D eigenvalue weighted by Crippen LogP contribution is -2.17. The van der Waals surface area contributed by atoms with Crippen LogP contribution in [0.4, 0.5) is 5.69 Å². The zero-order chi connectivity index (χ0) is 25.2. The minimum atomic E-state index is -3.79. The van der Waals surface area contributed by atoms with Gasteiger partial charge in [-0.1, -0.05) is 60.9 Å². The average Bonchev–Trinajstić information content (AvgIpc) is 3.15. The number of thiazole rings is 1. The summed E-state index contributed by atoms with van der Waals surface area (Å²) in [5, 5.41) is 0. The topological polar surface area (TPSA) is 80.5 Å². The number of terminal acetylenes is 1. The molecule has 178 valence electrons. The highest BCUT2D eigenvalue weighted by Gasteiger charge is 2.15. The number of anilines is 1. The first-order chi connectivity index (χ1) is 16.7. The molecule has 8 heteroatoms. The first-order valence-corrected chi connectivity index (χ1v) is 13.3. The summed E-state index contributed by atoms with van der Waals surface area (Å²) in [4.78, 5) is 18.0. The number of hydrogen-bond donors (Lipinski definition) is 1. The molecule has 1 amide bonds. The van der Waals surface area contributed by atoms with Crippen molar-refractivity contribution >= 4 is 43.2 Å². The third kappa shape index (κ3) is 5.37. The molecule has 0 bridgehead atoms. The molecule has 4 aromatic rings. The van der Waals surface area contributed by atoms with Gasteiger partial charge in [-0.2, -0.15) is 4.99 Å². The lowest BCUT2D eigenvalue weighted by Gasteiger charge is -2.09. The largest absolute Gasteiger partial charge is 0.305 e. The fourth-order valence-electron chi connectivity index (χ4n) is 3.58. The van der Waals surface area contributed by atoms with Gasteiger partial charge in [-0.25, -0.2) is 8.42 Å². The smallest absolute Gasteiger partial charge is 0.279 e. The Morgan fingerprint density at radius 2 is 1.86 bits per heavy atom. The van der Waals surface area contributed by atoms with E-state index >= 15 is 0 Å². The number of nitrogens with zero attached hydrogens (tertiary/aromatic N) is 2. The Morgan fingerprint density at radius 3 is 2.54 bits per heavy atom. The van der Waals surface area contributed by atoms with Crippen LogP contribution in [-0.4, -0.2) is 18.9 Å². The van der Waals surface area contributed by atoms with Crippen LogP contribution in [-0.2, 0) is 16.6 Å². The molecule has 0 unspecified atom stereocenters. The maximum absolute atomic E-state index is 13.0. The van der Waals surface area contributed by atoms with Crippen molar-refractivity contribution in [3.05, 3.63) is 88.2 Å². The van der Waals surface area contributed by atoms with Crippen LogP contribution in [0.25, 0.3) is 10.2 Å². The minimum Gasteiger partial charge on any atom is -0.305 e. The number of sulfonamides is 1. The molecule has 4 rings (SSSR count). The van der Waals surface area contributed by atoms with Crippen molar-refractivity contribution in [3.63, 3.8) is 0 Å². The van der Waals surface area contributed by atoms with Gasteiger partial charge in [0, 0.05) is 11.3 Å². The third-order valence-corrected chi connectivity index (χ3v) is 7.95. The maximum Gasteiger partial charge on any atom is 0.279 e. The first kappa shape index (κ1) is 24.5. The van der Waals surface area contributed by atoms with Crippen molar-refractivity contribution in [1.82, 2.24) is 4.57 Å².